The average molecular weight is 421 g/mol. The number of nitrogens with zero attached hydrogens (tertiary/aromatic N) is 3. The number of hydrogen-bond acceptors (Lipinski definition) is 4. The molecular formula is C24H28N4OS. The number of pyridine rings is 1. The van der Waals surface area contributed by atoms with Crippen LogP contribution in [0.3, 0.4) is 0 Å². The summed E-state index contributed by atoms with van der Waals surface area (Å²) in [6.45, 7) is 10.3. The van der Waals surface area contributed by atoms with Gasteiger partial charge in [0.1, 0.15) is 5.52 Å². The zero-order chi connectivity index (χ0) is 21.0. The van der Waals surface area contributed by atoms with E-state index in [0.717, 1.165) is 28.7 Å². The van der Waals surface area contributed by atoms with E-state index in [1.54, 1.807) is 0 Å². The van der Waals surface area contributed by atoms with Gasteiger partial charge in [-0.05, 0) is 70.4 Å². The molecule has 2 unspecified atom stereocenters. The van der Waals surface area contributed by atoms with E-state index in [1.807, 2.05) is 29.8 Å². The molecule has 1 fully saturated rings. The standard InChI is InChI=1S/C24H28N4OS/c1-5-27-20-10-8-17(12-19(20)23-22(24(27)29)16(4)25-26-23)21-11-9-18(30-21)13-28-14(2)6-7-15(28)3/h8-12,14-15H,5-7,13H2,1-4H3,(H,25,26). The van der Waals surface area contributed by atoms with E-state index >= 15 is 0 Å². The van der Waals surface area contributed by atoms with Gasteiger partial charge in [-0.3, -0.25) is 14.8 Å². The lowest BCUT2D eigenvalue weighted by Gasteiger charge is -2.25. The van der Waals surface area contributed by atoms with Gasteiger partial charge in [0.2, 0.25) is 0 Å². The van der Waals surface area contributed by atoms with E-state index in [-0.39, 0.29) is 5.56 Å². The Balaban J connectivity index is 1.58. The predicted octanol–water partition coefficient (Wildman–Crippen LogP) is 5.31. The third-order valence-electron chi connectivity index (χ3n) is 6.68. The van der Waals surface area contributed by atoms with Crippen LogP contribution in [0, 0.1) is 6.92 Å². The van der Waals surface area contributed by atoms with Crippen molar-refractivity contribution in [1.82, 2.24) is 19.7 Å². The second-order valence-electron chi connectivity index (χ2n) is 8.57. The van der Waals surface area contributed by atoms with Crippen LogP contribution in [0.2, 0.25) is 0 Å². The van der Waals surface area contributed by atoms with E-state index in [1.165, 1.54) is 28.2 Å². The molecule has 0 bridgehead atoms. The van der Waals surface area contributed by atoms with Crippen molar-refractivity contribution in [2.24, 2.45) is 0 Å². The molecule has 6 heteroatoms. The minimum absolute atomic E-state index is 0.0336. The van der Waals surface area contributed by atoms with Crippen LogP contribution in [0.1, 0.15) is 44.2 Å². The summed E-state index contributed by atoms with van der Waals surface area (Å²) in [5, 5.41) is 9.20. The minimum Gasteiger partial charge on any atom is -0.308 e. The van der Waals surface area contributed by atoms with Gasteiger partial charge in [0.25, 0.3) is 5.56 Å². The van der Waals surface area contributed by atoms with Crippen LogP contribution in [-0.2, 0) is 13.1 Å². The zero-order valence-electron chi connectivity index (χ0n) is 18.0. The van der Waals surface area contributed by atoms with Gasteiger partial charge < -0.3 is 4.57 Å². The van der Waals surface area contributed by atoms with Gasteiger partial charge >= 0.3 is 0 Å². The highest BCUT2D eigenvalue weighted by Crippen LogP contribution is 2.34. The smallest absolute Gasteiger partial charge is 0.262 e. The molecule has 1 N–H and O–H groups in total. The lowest BCUT2D eigenvalue weighted by molar-refractivity contribution is 0.207. The highest BCUT2D eigenvalue weighted by molar-refractivity contribution is 7.15. The number of aryl methyl sites for hydroxylation is 2. The number of hydrogen-bond donors (Lipinski definition) is 1. The van der Waals surface area contributed by atoms with Gasteiger partial charge in [0, 0.05) is 46.0 Å². The van der Waals surface area contributed by atoms with Crippen LogP contribution in [0.4, 0.5) is 0 Å². The molecule has 0 saturated carbocycles. The number of H-pyrrole nitrogens is 1. The molecule has 1 aliphatic heterocycles. The van der Waals surface area contributed by atoms with E-state index in [2.05, 4.69) is 59.3 Å². The molecule has 1 aromatic carbocycles. The van der Waals surface area contributed by atoms with Gasteiger partial charge in [-0.15, -0.1) is 11.3 Å². The minimum atomic E-state index is 0.0336. The molecule has 3 aromatic heterocycles. The van der Waals surface area contributed by atoms with Gasteiger partial charge in [0.05, 0.1) is 10.9 Å². The Morgan fingerprint density at radius 3 is 2.67 bits per heavy atom. The molecule has 156 valence electrons. The lowest BCUT2D eigenvalue weighted by Crippen LogP contribution is -2.31. The second-order valence-corrected chi connectivity index (χ2v) is 9.74. The fraction of sp³-hybridized carbons (Fsp3) is 0.417. The first-order chi connectivity index (χ1) is 14.5. The summed E-state index contributed by atoms with van der Waals surface area (Å²) in [7, 11) is 0. The van der Waals surface area contributed by atoms with Crippen molar-refractivity contribution >= 4 is 33.1 Å². The molecule has 0 amide bonds. The van der Waals surface area contributed by atoms with Crippen LogP contribution < -0.4 is 5.56 Å². The number of likely N-dealkylation sites (tertiary alicyclic amines) is 1. The first-order valence-corrected chi connectivity index (χ1v) is 11.7. The van der Waals surface area contributed by atoms with Crippen LogP contribution in [0.25, 0.3) is 32.2 Å². The van der Waals surface area contributed by atoms with Crippen LogP contribution in [0.5, 0.6) is 0 Å². The molecule has 5 nitrogen and oxygen atoms in total. The highest BCUT2D eigenvalue weighted by atomic mass is 32.1. The number of rotatable bonds is 4. The van der Waals surface area contributed by atoms with E-state index in [4.69, 9.17) is 0 Å². The van der Waals surface area contributed by atoms with Gasteiger partial charge in [-0.2, -0.15) is 5.10 Å². The summed E-state index contributed by atoms with van der Waals surface area (Å²) in [6.07, 6.45) is 2.59. The molecule has 4 aromatic rings. The topological polar surface area (TPSA) is 53.9 Å². The summed E-state index contributed by atoms with van der Waals surface area (Å²) >= 11 is 1.87. The molecule has 0 radical (unpaired) electrons. The summed E-state index contributed by atoms with van der Waals surface area (Å²) in [5.41, 5.74) is 3.77. The van der Waals surface area contributed by atoms with Crippen molar-refractivity contribution in [3.05, 3.63) is 51.3 Å². The predicted molar refractivity (Wildman–Crippen MR) is 125 cm³/mol. The average Bonchev–Trinajstić information content (AvgIpc) is 3.44. The van der Waals surface area contributed by atoms with Crippen LogP contribution >= 0.6 is 11.3 Å². The van der Waals surface area contributed by atoms with Crippen molar-refractivity contribution in [2.45, 2.75) is 65.7 Å². The van der Waals surface area contributed by atoms with E-state index in [0.29, 0.717) is 24.0 Å². The number of thiophene rings is 1. The Labute approximate surface area is 180 Å². The Kier molecular flexibility index (Phi) is 4.79. The van der Waals surface area contributed by atoms with E-state index in [9.17, 15) is 4.79 Å². The van der Waals surface area contributed by atoms with Crippen molar-refractivity contribution in [2.75, 3.05) is 0 Å². The Morgan fingerprint density at radius 1 is 1.17 bits per heavy atom. The van der Waals surface area contributed by atoms with Gasteiger partial charge in [-0.25, -0.2) is 0 Å². The SMILES string of the molecule is CCn1c(=O)c2c(C)[nH]nc2c2cc(-c3ccc(CN4C(C)CCC4C)s3)ccc21. The molecular weight excluding hydrogens is 392 g/mol. The summed E-state index contributed by atoms with van der Waals surface area (Å²) < 4.78 is 1.85. The summed E-state index contributed by atoms with van der Waals surface area (Å²) in [6, 6.07) is 12.2. The molecule has 0 aliphatic carbocycles. The Morgan fingerprint density at radius 2 is 1.93 bits per heavy atom. The van der Waals surface area contributed by atoms with Gasteiger partial charge in [-0.1, -0.05) is 6.07 Å². The maximum atomic E-state index is 12.9. The van der Waals surface area contributed by atoms with Crippen LogP contribution in [0.15, 0.2) is 35.1 Å². The van der Waals surface area contributed by atoms with Crippen molar-refractivity contribution in [1.29, 1.82) is 0 Å². The first-order valence-electron chi connectivity index (χ1n) is 10.8. The van der Waals surface area contributed by atoms with Crippen molar-refractivity contribution < 1.29 is 0 Å². The fourth-order valence-corrected chi connectivity index (χ4v) is 5.93. The zero-order valence-corrected chi connectivity index (χ0v) is 18.8. The molecule has 2 atom stereocenters. The number of aromatic nitrogens is 3. The van der Waals surface area contributed by atoms with Crippen LogP contribution in [-0.4, -0.2) is 31.7 Å². The molecule has 1 saturated heterocycles. The summed E-state index contributed by atoms with van der Waals surface area (Å²) in [5.74, 6) is 0. The number of benzene rings is 1. The second kappa shape index (κ2) is 7.36. The monoisotopic (exact) mass is 420 g/mol. The quantitative estimate of drug-likeness (QED) is 0.487. The molecule has 1 aliphatic rings. The van der Waals surface area contributed by atoms with E-state index < -0.39 is 0 Å². The number of aromatic amines is 1. The maximum Gasteiger partial charge on any atom is 0.262 e. The number of fused-ring (bicyclic) bond motifs is 3. The molecule has 30 heavy (non-hydrogen) atoms. The first kappa shape index (κ1) is 19.5. The van der Waals surface area contributed by atoms with Crippen molar-refractivity contribution in [3.63, 3.8) is 0 Å². The third kappa shape index (κ3) is 3.01. The molecule has 0 spiro atoms. The fourth-order valence-electron chi connectivity index (χ4n) is 4.92. The number of nitrogens with one attached hydrogen (secondary N) is 1. The lowest BCUT2D eigenvalue weighted by atomic mass is 10.1. The largest absolute Gasteiger partial charge is 0.308 e. The third-order valence-corrected chi connectivity index (χ3v) is 7.80. The van der Waals surface area contributed by atoms with Crippen molar-refractivity contribution in [3.8, 4) is 10.4 Å². The molecule has 5 rings (SSSR count). The normalized spacial score (nSPS) is 20.0. The Bertz CT molecular complexity index is 1290. The Hall–Kier alpha value is -2.44. The summed E-state index contributed by atoms with van der Waals surface area (Å²) in [4.78, 5) is 18.2. The molecule has 4 heterocycles. The highest BCUT2D eigenvalue weighted by Gasteiger charge is 2.27. The van der Waals surface area contributed by atoms with Gasteiger partial charge in [0.15, 0.2) is 0 Å². The maximum absolute atomic E-state index is 12.9.